The predicted molar refractivity (Wildman–Crippen MR) is 128 cm³/mol. The number of hydrogen-bond acceptors (Lipinski definition) is 7. The second-order valence-corrected chi connectivity index (χ2v) is 9.94. The van der Waals surface area contributed by atoms with Crippen LogP contribution in [0.1, 0.15) is 17.7 Å². The van der Waals surface area contributed by atoms with Crippen LogP contribution in [-0.4, -0.2) is 55.0 Å². The zero-order valence-electron chi connectivity index (χ0n) is 19.9. The first-order valence-corrected chi connectivity index (χ1v) is 11.6. The van der Waals surface area contributed by atoms with Crippen LogP contribution >= 0.6 is 0 Å². The maximum atomic E-state index is 14.7. The van der Waals surface area contributed by atoms with E-state index < -0.39 is 28.7 Å². The zero-order valence-corrected chi connectivity index (χ0v) is 19.9. The molecule has 5 heterocycles. The molecule has 8 nitrogen and oxygen atoms in total. The van der Waals surface area contributed by atoms with E-state index in [9.17, 15) is 22.4 Å². The lowest BCUT2D eigenvalue weighted by atomic mass is 9.51. The molecule has 190 valence electrons. The molecule has 3 aliphatic heterocycles. The van der Waals surface area contributed by atoms with Crippen LogP contribution in [0.3, 0.4) is 0 Å². The first-order valence-electron chi connectivity index (χ1n) is 11.6. The van der Waals surface area contributed by atoms with Crippen molar-refractivity contribution < 1.29 is 31.8 Å². The molecule has 2 bridgehead atoms. The fourth-order valence-corrected chi connectivity index (χ4v) is 5.59. The van der Waals surface area contributed by atoms with Gasteiger partial charge in [0, 0.05) is 36.6 Å². The highest BCUT2D eigenvalue weighted by Crippen LogP contribution is 2.53. The Bertz CT molecular complexity index is 1470. The van der Waals surface area contributed by atoms with Gasteiger partial charge in [-0.3, -0.25) is 9.55 Å². The summed E-state index contributed by atoms with van der Waals surface area (Å²) in [7, 11) is 4.03. The van der Waals surface area contributed by atoms with E-state index in [2.05, 4.69) is 14.9 Å². The van der Waals surface area contributed by atoms with Gasteiger partial charge in [0.2, 0.25) is 5.88 Å². The zero-order chi connectivity index (χ0) is 26.2. The molecule has 1 aromatic carbocycles. The highest BCUT2D eigenvalue weighted by atomic mass is 19.4. The second-order valence-electron chi connectivity index (χ2n) is 9.94. The van der Waals surface area contributed by atoms with Gasteiger partial charge >= 0.3 is 11.9 Å². The third-order valence-electron chi connectivity index (χ3n) is 7.51. The monoisotopic (exact) mass is 514 g/mol. The van der Waals surface area contributed by atoms with Gasteiger partial charge in [-0.15, -0.1) is 0 Å². The molecule has 2 saturated heterocycles. The van der Waals surface area contributed by atoms with E-state index in [0.717, 1.165) is 24.5 Å². The van der Waals surface area contributed by atoms with Crippen molar-refractivity contribution in [3.8, 4) is 17.4 Å². The van der Waals surface area contributed by atoms with Crippen molar-refractivity contribution >= 4 is 21.5 Å². The third kappa shape index (κ3) is 3.68. The van der Waals surface area contributed by atoms with Crippen molar-refractivity contribution in [3.63, 3.8) is 0 Å². The minimum Gasteiger partial charge on any atom is -0.473 e. The molecule has 0 N–H and O–H groups in total. The van der Waals surface area contributed by atoms with Crippen molar-refractivity contribution in [2.24, 2.45) is 0 Å². The van der Waals surface area contributed by atoms with E-state index in [1.165, 1.54) is 18.2 Å². The molecule has 0 radical (unpaired) electrons. The van der Waals surface area contributed by atoms with Gasteiger partial charge in [0.1, 0.15) is 39.6 Å². The molecule has 37 heavy (non-hydrogen) atoms. The number of benzene rings is 1. The van der Waals surface area contributed by atoms with Crippen molar-refractivity contribution in [1.29, 1.82) is 0 Å². The molecule has 3 aromatic rings. The maximum absolute atomic E-state index is 14.7. The van der Waals surface area contributed by atoms with Crippen LogP contribution in [0.2, 0.25) is 0 Å². The molecule has 2 fully saturated rings. The normalized spacial score (nSPS) is 23.1. The molecule has 14 heteroatoms. The second kappa shape index (κ2) is 7.98. The van der Waals surface area contributed by atoms with Gasteiger partial charge in [0.15, 0.2) is 11.6 Å². The molecular weight excluding hydrogens is 494 g/mol. The van der Waals surface area contributed by atoms with Crippen molar-refractivity contribution in [2.75, 3.05) is 18.1 Å². The Balaban J connectivity index is 1.19. The van der Waals surface area contributed by atoms with Gasteiger partial charge in [-0.1, -0.05) is 6.07 Å². The Morgan fingerprint density at radius 3 is 2.73 bits per heavy atom. The van der Waals surface area contributed by atoms with Gasteiger partial charge in [-0.25, -0.2) is 9.18 Å². The highest BCUT2D eigenvalue weighted by Gasteiger charge is 2.65. The standard InChI is InChI=1S/C23H20B2F4N4O4/c24-23(25)21-8-14(36-11-21)9-32(21)19-7-18(31-20(34)33(19)23)35-10-12-1-2-16(15(26)5-12)37-13-3-4-30-17(6-13)22(27,28)29/h1-7,14H,8-11,24-25H2/t14-,21-/m0/s1. The van der Waals surface area contributed by atoms with Crippen molar-refractivity contribution in [1.82, 2.24) is 14.5 Å². The fraction of sp³-hybridized carbons (Fsp3) is 0.348. The average Bonchev–Trinajstić information content (AvgIpc) is 3.49. The molecule has 0 aliphatic carbocycles. The number of morpholine rings is 1. The Kier molecular flexibility index (Phi) is 5.14. The topological polar surface area (TPSA) is 78.7 Å². The van der Waals surface area contributed by atoms with Crippen LogP contribution in [0, 0.1) is 5.82 Å². The molecule has 1 spiro atoms. The summed E-state index contributed by atoms with van der Waals surface area (Å²) in [5.41, 5.74) is -1.46. The van der Waals surface area contributed by atoms with E-state index in [-0.39, 0.29) is 35.6 Å². The minimum atomic E-state index is -4.65. The van der Waals surface area contributed by atoms with Gasteiger partial charge in [-0.2, -0.15) is 18.2 Å². The van der Waals surface area contributed by atoms with Crippen molar-refractivity contribution in [3.05, 3.63) is 70.2 Å². The number of aromatic nitrogens is 3. The number of ether oxygens (including phenoxy) is 3. The summed E-state index contributed by atoms with van der Waals surface area (Å²) in [5, 5.41) is -0.509. The van der Waals surface area contributed by atoms with Crippen LogP contribution in [-0.2, 0) is 22.9 Å². The Labute approximate surface area is 210 Å². The molecule has 0 saturated carbocycles. The summed E-state index contributed by atoms with van der Waals surface area (Å²) in [6, 6.07) is 7.56. The Morgan fingerprint density at radius 1 is 1.19 bits per heavy atom. The molecule has 6 rings (SSSR count). The number of anilines is 1. The van der Waals surface area contributed by atoms with E-state index in [0.29, 0.717) is 24.8 Å². The minimum absolute atomic E-state index is 0.0825. The number of pyridine rings is 1. The molecule has 2 aromatic heterocycles. The van der Waals surface area contributed by atoms with Gasteiger partial charge in [0.05, 0.1) is 18.2 Å². The predicted octanol–water partition coefficient (Wildman–Crippen LogP) is 1.41. The quantitative estimate of drug-likeness (QED) is 0.377. The SMILES string of the molecule is BC1(B)n2c(cc(OCc3ccc(Oc4ccnc(C(F)(F)F)c4)c(F)c3)nc2=O)N2C[C@@H]3C[C@@]21CO3. The number of halogens is 4. The summed E-state index contributed by atoms with van der Waals surface area (Å²) in [6.45, 7) is 1.13. The van der Waals surface area contributed by atoms with Crippen LogP contribution in [0.4, 0.5) is 23.4 Å². The van der Waals surface area contributed by atoms with E-state index in [1.807, 2.05) is 15.7 Å². The number of hydrogen-bond donors (Lipinski definition) is 0. The lowest BCUT2D eigenvalue weighted by Gasteiger charge is -2.41. The van der Waals surface area contributed by atoms with Crippen LogP contribution in [0.15, 0.2) is 47.4 Å². The van der Waals surface area contributed by atoms with Gasteiger partial charge in [0.25, 0.3) is 0 Å². The van der Waals surface area contributed by atoms with Crippen LogP contribution in [0.5, 0.6) is 17.4 Å². The van der Waals surface area contributed by atoms with Gasteiger partial charge in [-0.05, 0) is 23.8 Å². The fourth-order valence-electron chi connectivity index (χ4n) is 5.59. The number of rotatable bonds is 5. The lowest BCUT2D eigenvalue weighted by Crippen LogP contribution is -2.61. The smallest absolute Gasteiger partial charge is 0.433 e. The summed E-state index contributed by atoms with van der Waals surface area (Å²) < 4.78 is 71.8. The first kappa shape index (κ1) is 23.8. The summed E-state index contributed by atoms with van der Waals surface area (Å²) >= 11 is 0. The van der Waals surface area contributed by atoms with E-state index in [4.69, 9.17) is 14.2 Å². The maximum Gasteiger partial charge on any atom is 0.433 e. The Morgan fingerprint density at radius 2 is 2.00 bits per heavy atom. The van der Waals surface area contributed by atoms with Crippen molar-refractivity contribution in [2.45, 2.75) is 36.2 Å². The molecule has 0 unspecified atom stereocenters. The number of nitrogens with zero attached hydrogens (tertiary/aromatic N) is 4. The largest absolute Gasteiger partial charge is 0.473 e. The first-order chi connectivity index (χ1) is 17.5. The van der Waals surface area contributed by atoms with E-state index >= 15 is 0 Å². The molecule has 0 amide bonds. The van der Waals surface area contributed by atoms with E-state index in [1.54, 1.807) is 10.6 Å². The van der Waals surface area contributed by atoms with Crippen LogP contribution < -0.4 is 20.1 Å². The third-order valence-corrected chi connectivity index (χ3v) is 7.51. The summed E-state index contributed by atoms with van der Waals surface area (Å²) in [6.07, 6.45) is -2.75. The Hall–Kier alpha value is -3.54. The molecular formula is C23H20B2F4N4O4. The van der Waals surface area contributed by atoms with Crippen LogP contribution in [0.25, 0.3) is 0 Å². The molecule has 2 atom stereocenters. The lowest BCUT2D eigenvalue weighted by molar-refractivity contribution is -0.141. The van der Waals surface area contributed by atoms with Gasteiger partial charge < -0.3 is 19.1 Å². The average molecular weight is 514 g/mol. The highest BCUT2D eigenvalue weighted by molar-refractivity contribution is 6.40. The number of alkyl halides is 3. The number of fused-ring (bicyclic) bond motifs is 3. The summed E-state index contributed by atoms with van der Waals surface area (Å²) in [5.74, 6) is -0.405. The molecule has 3 aliphatic rings. The summed E-state index contributed by atoms with van der Waals surface area (Å²) in [4.78, 5) is 22.5.